The van der Waals surface area contributed by atoms with Crippen LogP contribution >= 0.6 is 0 Å². The molecule has 0 aliphatic rings. The van der Waals surface area contributed by atoms with Crippen LogP contribution in [0.5, 0.6) is 0 Å². The first-order chi connectivity index (χ1) is 18.8. The summed E-state index contributed by atoms with van der Waals surface area (Å²) >= 11 is 0. The van der Waals surface area contributed by atoms with E-state index in [2.05, 4.69) is 20.8 Å². The Bertz CT molecular complexity index is 385. The molecule has 0 bridgehead atoms. The van der Waals surface area contributed by atoms with Crippen molar-refractivity contribution in [1.29, 1.82) is 0 Å². The number of hydrogen-bond donors (Lipinski definition) is 0. The molecule has 0 N–H and O–H groups in total. The lowest BCUT2D eigenvalue weighted by Crippen LogP contribution is -1.95. The van der Waals surface area contributed by atoms with Gasteiger partial charge in [-0.2, -0.15) is 0 Å². The van der Waals surface area contributed by atoms with E-state index in [0.29, 0.717) is 0 Å². The van der Waals surface area contributed by atoms with E-state index in [1.165, 1.54) is 218 Å². The molecular formula is C38H78. The van der Waals surface area contributed by atoms with E-state index < -0.39 is 0 Å². The molecule has 0 aromatic carbocycles. The molecule has 0 spiro atoms. The highest BCUT2D eigenvalue weighted by molar-refractivity contribution is 4.57. The van der Waals surface area contributed by atoms with Crippen LogP contribution in [0.15, 0.2) is 0 Å². The van der Waals surface area contributed by atoms with Crippen LogP contribution < -0.4 is 0 Å². The van der Waals surface area contributed by atoms with Crippen LogP contribution in [-0.2, 0) is 0 Å². The van der Waals surface area contributed by atoms with E-state index in [4.69, 9.17) is 0 Å². The van der Waals surface area contributed by atoms with Gasteiger partial charge in [0.25, 0.3) is 0 Å². The van der Waals surface area contributed by atoms with Crippen molar-refractivity contribution in [3.8, 4) is 0 Å². The lowest BCUT2D eigenvalue weighted by Gasteiger charge is -2.11. The van der Waals surface area contributed by atoms with E-state index in [1.54, 1.807) is 0 Å². The molecule has 1 atom stereocenters. The van der Waals surface area contributed by atoms with Crippen molar-refractivity contribution in [3.05, 3.63) is 0 Å². The second-order valence-electron chi connectivity index (χ2n) is 13.3. The lowest BCUT2D eigenvalue weighted by molar-refractivity contribution is 0.429. The molecule has 0 amide bonds. The highest BCUT2D eigenvalue weighted by Crippen LogP contribution is 2.20. The Labute approximate surface area is 244 Å². The standard InChI is InChI=1S/C38H78/c1-4-6-8-10-12-14-16-18-20-21-22-23-25-27-29-31-33-35-37-38(3)36-34-32-30-28-26-24-19-17-15-13-11-9-7-5-2/h38H,4-37H2,1-3H3. The van der Waals surface area contributed by atoms with Gasteiger partial charge in [0.2, 0.25) is 0 Å². The van der Waals surface area contributed by atoms with E-state index >= 15 is 0 Å². The minimum Gasteiger partial charge on any atom is -0.0654 e. The third-order valence-corrected chi connectivity index (χ3v) is 9.10. The Balaban J connectivity index is 3.13. The van der Waals surface area contributed by atoms with Gasteiger partial charge < -0.3 is 0 Å². The summed E-state index contributed by atoms with van der Waals surface area (Å²) in [5.41, 5.74) is 0. The third kappa shape index (κ3) is 34.0. The molecule has 0 radical (unpaired) electrons. The molecule has 0 saturated carbocycles. The van der Waals surface area contributed by atoms with E-state index in [9.17, 15) is 0 Å². The zero-order valence-corrected chi connectivity index (χ0v) is 27.6. The zero-order chi connectivity index (χ0) is 27.6. The second-order valence-corrected chi connectivity index (χ2v) is 13.3. The van der Waals surface area contributed by atoms with Gasteiger partial charge in [-0.05, 0) is 5.92 Å². The average molecular weight is 535 g/mol. The van der Waals surface area contributed by atoms with E-state index in [-0.39, 0.29) is 0 Å². The van der Waals surface area contributed by atoms with Crippen molar-refractivity contribution in [1.82, 2.24) is 0 Å². The average Bonchev–Trinajstić information content (AvgIpc) is 2.92. The van der Waals surface area contributed by atoms with Gasteiger partial charge in [0.15, 0.2) is 0 Å². The molecule has 0 fully saturated rings. The van der Waals surface area contributed by atoms with Gasteiger partial charge >= 0.3 is 0 Å². The van der Waals surface area contributed by atoms with Gasteiger partial charge in [0.05, 0.1) is 0 Å². The fourth-order valence-corrected chi connectivity index (χ4v) is 6.23. The molecule has 0 nitrogen and oxygen atoms in total. The van der Waals surface area contributed by atoms with Crippen molar-refractivity contribution in [3.63, 3.8) is 0 Å². The molecule has 0 rings (SSSR count). The molecule has 0 aliphatic heterocycles. The highest BCUT2D eigenvalue weighted by Gasteiger charge is 2.02. The minimum atomic E-state index is 0.966. The SMILES string of the molecule is CCCCCCCCCCCCCCCCCCCCC(C)CCCCCCCCCCCCCCCC. The summed E-state index contributed by atoms with van der Waals surface area (Å²) in [6.45, 7) is 7.13. The van der Waals surface area contributed by atoms with Crippen molar-refractivity contribution >= 4 is 0 Å². The summed E-state index contributed by atoms with van der Waals surface area (Å²) in [6.07, 6.45) is 50.2. The first kappa shape index (κ1) is 38.0. The Morgan fingerprint density at radius 3 is 0.579 bits per heavy atom. The molecule has 0 heteroatoms. The smallest absolute Gasteiger partial charge is 0.0443 e. The summed E-state index contributed by atoms with van der Waals surface area (Å²) in [5.74, 6) is 0.966. The van der Waals surface area contributed by atoms with Crippen LogP contribution in [0, 0.1) is 5.92 Å². The van der Waals surface area contributed by atoms with Gasteiger partial charge in [0.1, 0.15) is 0 Å². The largest absolute Gasteiger partial charge is 0.0654 e. The zero-order valence-electron chi connectivity index (χ0n) is 27.6. The van der Waals surface area contributed by atoms with Crippen LogP contribution in [0.1, 0.15) is 239 Å². The first-order valence-electron chi connectivity index (χ1n) is 18.8. The molecule has 0 aliphatic carbocycles. The summed E-state index contributed by atoms with van der Waals surface area (Å²) < 4.78 is 0. The number of rotatable bonds is 34. The molecule has 0 saturated heterocycles. The van der Waals surface area contributed by atoms with Gasteiger partial charge in [-0.25, -0.2) is 0 Å². The van der Waals surface area contributed by atoms with E-state index in [1.807, 2.05) is 0 Å². The van der Waals surface area contributed by atoms with Gasteiger partial charge in [-0.3, -0.25) is 0 Å². The van der Waals surface area contributed by atoms with Crippen molar-refractivity contribution < 1.29 is 0 Å². The van der Waals surface area contributed by atoms with Gasteiger partial charge in [-0.15, -0.1) is 0 Å². The summed E-state index contributed by atoms with van der Waals surface area (Å²) in [6, 6.07) is 0. The van der Waals surface area contributed by atoms with Crippen molar-refractivity contribution in [2.24, 2.45) is 5.92 Å². The number of unbranched alkanes of at least 4 members (excludes halogenated alkanes) is 30. The Kier molecular flexibility index (Phi) is 35.0. The van der Waals surface area contributed by atoms with Crippen LogP contribution in [0.25, 0.3) is 0 Å². The normalized spacial score (nSPS) is 12.4. The maximum absolute atomic E-state index is 2.51. The van der Waals surface area contributed by atoms with Gasteiger partial charge in [0, 0.05) is 0 Å². The van der Waals surface area contributed by atoms with Crippen LogP contribution in [0.3, 0.4) is 0 Å². The highest BCUT2D eigenvalue weighted by atomic mass is 14.1. The van der Waals surface area contributed by atoms with Gasteiger partial charge in [-0.1, -0.05) is 239 Å². The van der Waals surface area contributed by atoms with Crippen LogP contribution in [-0.4, -0.2) is 0 Å². The first-order valence-corrected chi connectivity index (χ1v) is 18.8. The fourth-order valence-electron chi connectivity index (χ4n) is 6.23. The fraction of sp³-hybridized carbons (Fsp3) is 1.00. The Hall–Kier alpha value is 0. The molecule has 1 unspecified atom stereocenters. The molecule has 0 aromatic heterocycles. The minimum absolute atomic E-state index is 0.966. The maximum atomic E-state index is 2.51. The Morgan fingerprint density at radius 1 is 0.237 bits per heavy atom. The summed E-state index contributed by atoms with van der Waals surface area (Å²) in [5, 5.41) is 0. The molecular weight excluding hydrogens is 456 g/mol. The predicted octanol–water partition coefficient (Wildman–Crippen LogP) is 14.9. The summed E-state index contributed by atoms with van der Waals surface area (Å²) in [7, 11) is 0. The Morgan fingerprint density at radius 2 is 0.395 bits per heavy atom. The van der Waals surface area contributed by atoms with Crippen LogP contribution in [0.2, 0.25) is 0 Å². The molecule has 230 valence electrons. The molecule has 0 aromatic rings. The summed E-state index contributed by atoms with van der Waals surface area (Å²) in [4.78, 5) is 0. The lowest BCUT2D eigenvalue weighted by atomic mass is 9.95. The molecule has 38 heavy (non-hydrogen) atoms. The topological polar surface area (TPSA) is 0 Å². The van der Waals surface area contributed by atoms with Crippen molar-refractivity contribution in [2.75, 3.05) is 0 Å². The predicted molar refractivity (Wildman–Crippen MR) is 177 cm³/mol. The third-order valence-electron chi connectivity index (χ3n) is 9.10. The van der Waals surface area contributed by atoms with Crippen molar-refractivity contribution in [2.45, 2.75) is 239 Å². The maximum Gasteiger partial charge on any atom is -0.0443 e. The molecule has 0 heterocycles. The number of hydrogen-bond acceptors (Lipinski definition) is 0. The quantitative estimate of drug-likeness (QED) is 0.0720. The van der Waals surface area contributed by atoms with E-state index in [0.717, 1.165) is 5.92 Å². The second kappa shape index (κ2) is 35.0. The monoisotopic (exact) mass is 535 g/mol. The van der Waals surface area contributed by atoms with Crippen LogP contribution in [0.4, 0.5) is 0 Å².